The van der Waals surface area contributed by atoms with E-state index in [1.807, 2.05) is 18.2 Å². The molecule has 0 aliphatic carbocycles. The number of hydrogen-bond acceptors (Lipinski definition) is 5. The summed E-state index contributed by atoms with van der Waals surface area (Å²) in [7, 11) is 0. The van der Waals surface area contributed by atoms with Gasteiger partial charge >= 0.3 is 12.1 Å². The lowest BCUT2D eigenvalue weighted by molar-refractivity contribution is -0.144. The third kappa shape index (κ3) is 5.18. The third-order valence-electron chi connectivity index (χ3n) is 3.71. The highest BCUT2D eigenvalue weighted by molar-refractivity contribution is 5.79. The Morgan fingerprint density at radius 2 is 2.00 bits per heavy atom. The van der Waals surface area contributed by atoms with Crippen molar-refractivity contribution >= 4 is 23.1 Å². The first-order chi connectivity index (χ1) is 11.6. The van der Waals surface area contributed by atoms with Crippen molar-refractivity contribution in [3.8, 4) is 0 Å². The maximum atomic E-state index is 11.7. The lowest BCUT2D eigenvalue weighted by Crippen LogP contribution is -2.58. The van der Waals surface area contributed by atoms with Crippen LogP contribution in [0.4, 0.5) is 4.79 Å². The van der Waals surface area contributed by atoms with Crippen LogP contribution in [0.25, 0.3) is 11.0 Å². The minimum absolute atomic E-state index is 0.276. The molecule has 2 aromatic rings. The summed E-state index contributed by atoms with van der Waals surface area (Å²) >= 11 is 0. The summed E-state index contributed by atoms with van der Waals surface area (Å²) in [4.78, 5) is 30.5. The molecule has 25 heavy (non-hydrogen) atoms. The number of carboxylic acid groups (broad SMARTS) is 1. The van der Waals surface area contributed by atoms with Crippen molar-refractivity contribution in [1.29, 1.82) is 0 Å². The number of benzene rings is 1. The van der Waals surface area contributed by atoms with Crippen LogP contribution in [0.1, 0.15) is 39.7 Å². The zero-order valence-electron chi connectivity index (χ0n) is 14.8. The quantitative estimate of drug-likeness (QED) is 0.596. The van der Waals surface area contributed by atoms with Crippen LogP contribution >= 0.6 is 0 Å². The Hall–Kier alpha value is -2.61. The van der Waals surface area contributed by atoms with Crippen LogP contribution in [0, 0.1) is 0 Å². The summed E-state index contributed by atoms with van der Waals surface area (Å²) in [6.45, 7) is 6.71. The molecule has 0 radical (unpaired) electrons. The molecule has 8 heteroatoms. The average Bonchev–Trinajstić information content (AvgIpc) is 2.96. The first-order valence-corrected chi connectivity index (χ1v) is 8.01. The molecule has 1 atom stereocenters. The number of aryl methyl sites for hydroxylation is 1. The Kier molecular flexibility index (Phi) is 5.32. The van der Waals surface area contributed by atoms with Gasteiger partial charge in [0.1, 0.15) is 11.1 Å². The fourth-order valence-electron chi connectivity index (χ4n) is 2.25. The van der Waals surface area contributed by atoms with E-state index in [9.17, 15) is 14.7 Å². The summed E-state index contributed by atoms with van der Waals surface area (Å²) in [5.74, 6) is -1.06. The van der Waals surface area contributed by atoms with E-state index in [1.165, 1.54) is 6.92 Å². The standard InChI is InChI=1S/C17H24N4O4/c1-16(2,3)25-15(24)20-21-17(4,14(22)23)8-7-11-5-6-12-13(9-11)19-10-18-12/h5-6,9-10,21H,7-8H2,1-4H3,(H,18,19)(H,20,24)(H,22,23). The maximum absolute atomic E-state index is 11.7. The molecule has 4 N–H and O–H groups in total. The Bertz CT molecular complexity index is 765. The van der Waals surface area contributed by atoms with Gasteiger partial charge in [0.25, 0.3) is 0 Å². The number of H-pyrrole nitrogens is 1. The minimum Gasteiger partial charge on any atom is -0.480 e. The monoisotopic (exact) mass is 348 g/mol. The number of nitrogens with one attached hydrogen (secondary N) is 3. The van der Waals surface area contributed by atoms with E-state index in [2.05, 4.69) is 20.8 Å². The topological polar surface area (TPSA) is 116 Å². The molecular weight excluding hydrogens is 324 g/mol. The van der Waals surface area contributed by atoms with Crippen LogP contribution in [0.5, 0.6) is 0 Å². The molecule has 8 nitrogen and oxygen atoms in total. The molecule has 0 bridgehead atoms. The highest BCUT2D eigenvalue weighted by Gasteiger charge is 2.33. The van der Waals surface area contributed by atoms with Crippen molar-refractivity contribution in [1.82, 2.24) is 20.8 Å². The molecule has 0 saturated carbocycles. The zero-order valence-corrected chi connectivity index (χ0v) is 14.8. The molecule has 1 amide bonds. The summed E-state index contributed by atoms with van der Waals surface area (Å²) in [5.41, 5.74) is 5.62. The second-order valence-electron chi connectivity index (χ2n) is 7.14. The number of aromatic amines is 1. The smallest absolute Gasteiger partial charge is 0.422 e. The summed E-state index contributed by atoms with van der Waals surface area (Å²) < 4.78 is 5.10. The molecule has 1 heterocycles. The predicted octanol–water partition coefficient (Wildman–Crippen LogP) is 2.37. The lowest BCUT2D eigenvalue weighted by Gasteiger charge is -2.27. The molecule has 1 aromatic heterocycles. The molecule has 1 aromatic carbocycles. The molecule has 0 aliphatic rings. The van der Waals surface area contributed by atoms with E-state index in [1.54, 1.807) is 27.1 Å². The number of nitrogens with zero attached hydrogens (tertiary/aromatic N) is 1. The summed E-state index contributed by atoms with van der Waals surface area (Å²) in [6.07, 6.45) is 1.68. The molecule has 0 spiro atoms. The number of carbonyl (C=O) groups excluding carboxylic acids is 1. The third-order valence-corrected chi connectivity index (χ3v) is 3.71. The van der Waals surface area contributed by atoms with Crippen LogP contribution in [-0.4, -0.2) is 38.3 Å². The predicted molar refractivity (Wildman–Crippen MR) is 93.0 cm³/mol. The van der Waals surface area contributed by atoms with Gasteiger partial charge in [0.15, 0.2) is 0 Å². The van der Waals surface area contributed by atoms with Crippen LogP contribution in [0.3, 0.4) is 0 Å². The number of aromatic nitrogens is 2. The number of carbonyl (C=O) groups is 2. The first-order valence-electron chi connectivity index (χ1n) is 8.01. The fraction of sp³-hybridized carbons (Fsp3) is 0.471. The zero-order chi connectivity index (χ0) is 18.7. The van der Waals surface area contributed by atoms with E-state index in [0.29, 0.717) is 6.42 Å². The largest absolute Gasteiger partial charge is 0.480 e. The lowest BCUT2D eigenvalue weighted by atomic mass is 9.94. The number of ether oxygens (including phenoxy) is 1. The van der Waals surface area contributed by atoms with E-state index >= 15 is 0 Å². The average molecular weight is 348 g/mol. The number of carboxylic acids is 1. The van der Waals surface area contributed by atoms with Gasteiger partial charge in [-0.2, -0.15) is 0 Å². The number of hydrazine groups is 1. The Labute approximate surface area is 145 Å². The van der Waals surface area contributed by atoms with Gasteiger partial charge in [-0.25, -0.2) is 15.2 Å². The molecule has 136 valence electrons. The van der Waals surface area contributed by atoms with Crippen LogP contribution in [0.2, 0.25) is 0 Å². The SMILES string of the molecule is CC(C)(C)OC(=O)NNC(C)(CCc1ccc2nc[nH]c2c1)C(=O)O. The van der Waals surface area contributed by atoms with Gasteiger partial charge in [0, 0.05) is 0 Å². The van der Waals surface area contributed by atoms with Crippen molar-refractivity contribution in [2.45, 2.75) is 51.7 Å². The number of imidazole rings is 1. The Morgan fingerprint density at radius 3 is 2.64 bits per heavy atom. The van der Waals surface area contributed by atoms with Crippen molar-refractivity contribution in [3.63, 3.8) is 0 Å². The van der Waals surface area contributed by atoms with Crippen molar-refractivity contribution in [2.75, 3.05) is 0 Å². The number of rotatable bonds is 6. The maximum Gasteiger partial charge on any atom is 0.422 e. The van der Waals surface area contributed by atoms with Gasteiger partial charge in [0.2, 0.25) is 0 Å². The van der Waals surface area contributed by atoms with E-state index in [0.717, 1.165) is 16.6 Å². The number of hydrogen-bond donors (Lipinski definition) is 4. The molecule has 0 aliphatic heterocycles. The fourth-order valence-corrected chi connectivity index (χ4v) is 2.25. The van der Waals surface area contributed by atoms with Crippen molar-refractivity contribution in [3.05, 3.63) is 30.1 Å². The van der Waals surface area contributed by atoms with Gasteiger partial charge in [0.05, 0.1) is 17.4 Å². The van der Waals surface area contributed by atoms with Gasteiger partial charge in [-0.3, -0.25) is 10.2 Å². The molecular formula is C17H24N4O4. The van der Waals surface area contributed by atoms with Gasteiger partial charge in [-0.15, -0.1) is 0 Å². The number of aliphatic carboxylic acids is 1. The molecule has 0 fully saturated rings. The highest BCUT2D eigenvalue weighted by Crippen LogP contribution is 2.18. The number of fused-ring (bicyclic) bond motifs is 1. The van der Waals surface area contributed by atoms with Crippen molar-refractivity contribution < 1.29 is 19.4 Å². The minimum atomic E-state index is -1.33. The Balaban J connectivity index is 1.98. The molecule has 2 rings (SSSR count). The van der Waals surface area contributed by atoms with Crippen LogP contribution in [0.15, 0.2) is 24.5 Å². The first kappa shape index (κ1) is 18.7. The Morgan fingerprint density at radius 1 is 1.28 bits per heavy atom. The molecule has 0 saturated heterocycles. The number of amides is 1. The van der Waals surface area contributed by atoms with Crippen molar-refractivity contribution in [2.24, 2.45) is 0 Å². The second-order valence-corrected chi connectivity index (χ2v) is 7.14. The summed E-state index contributed by atoms with van der Waals surface area (Å²) in [6, 6.07) is 5.73. The van der Waals surface area contributed by atoms with E-state index < -0.39 is 23.2 Å². The van der Waals surface area contributed by atoms with Gasteiger partial charge in [-0.1, -0.05) is 6.07 Å². The van der Waals surface area contributed by atoms with Crippen LogP contribution < -0.4 is 10.9 Å². The van der Waals surface area contributed by atoms with Gasteiger partial charge in [-0.05, 0) is 58.2 Å². The second kappa shape index (κ2) is 7.10. The highest BCUT2D eigenvalue weighted by atomic mass is 16.6. The van der Waals surface area contributed by atoms with E-state index in [-0.39, 0.29) is 6.42 Å². The summed E-state index contributed by atoms with van der Waals surface area (Å²) in [5, 5.41) is 9.52. The van der Waals surface area contributed by atoms with Crippen LogP contribution in [-0.2, 0) is 16.0 Å². The van der Waals surface area contributed by atoms with E-state index in [4.69, 9.17) is 4.74 Å². The normalized spacial score (nSPS) is 14.1. The molecule has 1 unspecified atom stereocenters. The van der Waals surface area contributed by atoms with Gasteiger partial charge < -0.3 is 14.8 Å².